The zero-order chi connectivity index (χ0) is 19.4. The van der Waals surface area contributed by atoms with Gasteiger partial charge in [-0.15, -0.1) is 0 Å². The molecule has 0 saturated carbocycles. The maximum atomic E-state index is 12.0. The Morgan fingerprint density at radius 1 is 1.93 bits per heavy atom. The summed E-state index contributed by atoms with van der Waals surface area (Å²) in [6.07, 6.45) is -2.89. The second-order valence-electron chi connectivity index (χ2n) is 3.12. The van der Waals surface area contributed by atoms with E-state index in [0.29, 0.717) is 4.57 Å². The minimum atomic E-state index is -2.85. The van der Waals surface area contributed by atoms with Crippen LogP contribution in [0.2, 0.25) is 0 Å². The van der Waals surface area contributed by atoms with E-state index in [2.05, 4.69) is 4.98 Å². The Balaban J connectivity index is 2.50. The lowest BCUT2D eigenvalue weighted by atomic mass is 9.89. The van der Waals surface area contributed by atoms with Gasteiger partial charge in [-0.3, -0.25) is 4.79 Å². The fourth-order valence-corrected chi connectivity index (χ4v) is 1.40. The highest BCUT2D eigenvalue weighted by atomic mass is 16.5. The number of esters is 1. The molecule has 1 aliphatic rings. The van der Waals surface area contributed by atoms with E-state index in [9.17, 15) is 4.79 Å². The molecular weight excluding hydrogens is 192 g/mol. The van der Waals surface area contributed by atoms with Gasteiger partial charge in [0, 0.05) is 35.7 Å². The van der Waals surface area contributed by atoms with Crippen molar-refractivity contribution >= 4 is 5.97 Å². The van der Waals surface area contributed by atoms with E-state index in [1.165, 1.54) is 0 Å². The van der Waals surface area contributed by atoms with E-state index >= 15 is 0 Å². The predicted octanol–water partition coefficient (Wildman–Crippen LogP) is 1.16. The third-order valence-electron chi connectivity index (χ3n) is 2.21. The molecule has 0 spiro atoms. The molecule has 2 heterocycles. The Morgan fingerprint density at radius 2 is 2.87 bits per heavy atom. The fraction of sp³-hybridized carbons (Fsp3) is 0.636. The molecular formula is C11H16N2O2. The van der Waals surface area contributed by atoms with Gasteiger partial charge in [-0.1, -0.05) is 6.85 Å². The van der Waals surface area contributed by atoms with Crippen LogP contribution < -0.4 is 0 Å². The predicted molar refractivity (Wildman–Crippen MR) is 55.1 cm³/mol. The van der Waals surface area contributed by atoms with E-state index < -0.39 is 63.5 Å². The molecule has 15 heavy (non-hydrogen) atoms. The Hall–Kier alpha value is -1.32. The SMILES string of the molecule is [2H]c1nc([2H])n(C([2H])([2H])[2H])c1C[C@@]1([2H])COC(=O)[C@@]1([2H])CC([2H])([2H])[2H]. The second kappa shape index (κ2) is 4.04. The number of aromatic nitrogens is 2. The van der Waals surface area contributed by atoms with E-state index in [1.54, 1.807) is 0 Å². The summed E-state index contributed by atoms with van der Waals surface area (Å²) in [5.41, 5.74) is -0.347. The number of imidazole rings is 1. The van der Waals surface area contributed by atoms with Crippen molar-refractivity contribution in [3.8, 4) is 0 Å². The van der Waals surface area contributed by atoms with Crippen molar-refractivity contribution in [3.63, 3.8) is 0 Å². The number of carbonyl (C=O) groups excluding carboxylic acids is 1. The molecule has 82 valence electrons. The molecule has 2 rings (SSSR count). The molecule has 1 aromatic rings. The first kappa shape index (κ1) is 3.61. The average molecular weight is 218 g/mol. The molecule has 0 bridgehead atoms. The lowest BCUT2D eigenvalue weighted by Crippen LogP contribution is -2.18. The number of carbonyl (C=O) groups is 1. The summed E-state index contributed by atoms with van der Waals surface area (Å²) in [6, 6.07) is 0. The Kier molecular flexibility index (Phi) is 0.974. The number of ether oxygens (including phenoxy) is 1. The van der Waals surface area contributed by atoms with E-state index in [4.69, 9.17) is 18.4 Å². The molecule has 0 aliphatic carbocycles. The lowest BCUT2D eigenvalue weighted by Gasteiger charge is -2.12. The number of hydrogen-bond acceptors (Lipinski definition) is 3. The highest BCUT2D eigenvalue weighted by Gasteiger charge is 2.35. The summed E-state index contributed by atoms with van der Waals surface area (Å²) in [5, 5.41) is 0. The molecule has 0 N–H and O–H groups in total. The Morgan fingerprint density at radius 3 is 3.67 bits per heavy atom. The summed E-state index contributed by atoms with van der Waals surface area (Å²) in [7, 11) is 0. The normalized spacial score (nSPS) is 46.8. The van der Waals surface area contributed by atoms with Crippen molar-refractivity contribution in [2.24, 2.45) is 18.8 Å². The Bertz CT molecular complexity index is 696. The van der Waals surface area contributed by atoms with Crippen molar-refractivity contribution in [1.82, 2.24) is 9.55 Å². The average Bonchev–Trinajstić information content (AvgIpc) is 2.77. The number of rotatable bonds is 3. The molecule has 2 atom stereocenters. The second-order valence-corrected chi connectivity index (χ2v) is 3.12. The quantitative estimate of drug-likeness (QED) is 0.715. The first-order chi connectivity index (χ1) is 11.1. The van der Waals surface area contributed by atoms with Crippen LogP contribution in [0.25, 0.3) is 0 Å². The lowest BCUT2D eigenvalue weighted by molar-refractivity contribution is -0.141. The summed E-state index contributed by atoms with van der Waals surface area (Å²) in [4.78, 5) is 15.4. The van der Waals surface area contributed by atoms with Crippen LogP contribution in [0.4, 0.5) is 0 Å². The van der Waals surface area contributed by atoms with Gasteiger partial charge in [0.2, 0.25) is 0 Å². The van der Waals surface area contributed by atoms with Crippen LogP contribution >= 0.6 is 0 Å². The summed E-state index contributed by atoms with van der Waals surface area (Å²) in [6.45, 7) is -6.16. The number of nitrogens with zero attached hydrogens (tertiary/aromatic N) is 2. The summed E-state index contributed by atoms with van der Waals surface area (Å²) >= 11 is 0. The van der Waals surface area contributed by atoms with Gasteiger partial charge in [0.25, 0.3) is 0 Å². The van der Waals surface area contributed by atoms with Gasteiger partial charge in [-0.2, -0.15) is 0 Å². The van der Waals surface area contributed by atoms with Crippen LogP contribution in [0.3, 0.4) is 0 Å². The molecule has 1 saturated heterocycles. The molecule has 0 aromatic carbocycles. The van der Waals surface area contributed by atoms with Crippen LogP contribution in [-0.2, 0) is 22.9 Å². The number of hydrogen-bond donors (Lipinski definition) is 0. The highest BCUT2D eigenvalue weighted by Crippen LogP contribution is 2.27. The van der Waals surface area contributed by atoms with Gasteiger partial charge in [-0.25, -0.2) is 4.98 Å². The monoisotopic (exact) mass is 218 g/mol. The zero-order valence-corrected chi connectivity index (χ0v) is 7.83. The van der Waals surface area contributed by atoms with Gasteiger partial charge < -0.3 is 9.30 Å². The van der Waals surface area contributed by atoms with Crippen LogP contribution in [0.15, 0.2) is 12.5 Å². The molecule has 0 unspecified atom stereocenters. The van der Waals surface area contributed by atoms with Crippen LogP contribution in [-0.4, -0.2) is 22.1 Å². The van der Waals surface area contributed by atoms with Gasteiger partial charge in [0.05, 0.1) is 20.2 Å². The maximum absolute atomic E-state index is 12.0. The molecule has 1 aromatic heterocycles. The van der Waals surface area contributed by atoms with Crippen molar-refractivity contribution in [3.05, 3.63) is 18.2 Å². The smallest absolute Gasteiger partial charge is 0.309 e. The van der Waals surface area contributed by atoms with Crippen molar-refractivity contribution in [1.29, 1.82) is 0 Å². The van der Waals surface area contributed by atoms with Gasteiger partial charge in [0.15, 0.2) is 0 Å². The maximum Gasteiger partial charge on any atom is 0.309 e. The van der Waals surface area contributed by atoms with Gasteiger partial charge in [0.1, 0.15) is 1.37 Å². The number of cyclic esters (lactones) is 1. The van der Waals surface area contributed by atoms with Gasteiger partial charge >= 0.3 is 5.97 Å². The fourth-order valence-electron chi connectivity index (χ4n) is 1.40. The van der Waals surface area contributed by atoms with E-state index in [-0.39, 0.29) is 5.69 Å². The molecule has 1 aliphatic heterocycles. The van der Waals surface area contributed by atoms with Crippen molar-refractivity contribution in [2.45, 2.75) is 19.7 Å². The van der Waals surface area contributed by atoms with Gasteiger partial charge in [-0.05, 0) is 12.8 Å². The first-order valence-electron chi connectivity index (χ1n) is 9.33. The standard InChI is InChI=1S/C11H16N2O2/c1-3-10-8(6-15-11(10)14)4-9-5-12-7-13(9)2/h5,7-8,10H,3-4,6H2,1-2H3/t8-,10-/m0/s1/i1D3,2D3,5D,7D,8D,10D. The molecule has 0 amide bonds. The molecule has 1 fully saturated rings. The van der Waals surface area contributed by atoms with Crippen LogP contribution in [0.5, 0.6) is 0 Å². The topological polar surface area (TPSA) is 44.1 Å². The minimum Gasteiger partial charge on any atom is -0.465 e. The molecule has 4 heteroatoms. The van der Waals surface area contributed by atoms with E-state index in [1.807, 2.05) is 0 Å². The minimum absolute atomic E-state index is 0.347. The first-order valence-corrected chi connectivity index (χ1v) is 4.33. The van der Waals surface area contributed by atoms with Crippen molar-refractivity contribution < 1.29 is 23.2 Å². The molecule has 4 nitrogen and oxygen atoms in total. The Labute approximate surface area is 103 Å². The summed E-state index contributed by atoms with van der Waals surface area (Å²) in [5.74, 6) is -5.78. The van der Waals surface area contributed by atoms with Crippen LogP contribution in [0, 0.1) is 11.8 Å². The zero-order valence-electron chi connectivity index (χ0n) is 17.8. The molecule has 0 radical (unpaired) electrons. The third-order valence-corrected chi connectivity index (χ3v) is 2.21. The highest BCUT2D eigenvalue weighted by molar-refractivity contribution is 5.74. The summed E-state index contributed by atoms with van der Waals surface area (Å²) < 4.78 is 81.4. The van der Waals surface area contributed by atoms with Crippen LogP contribution in [0.1, 0.15) is 32.7 Å². The van der Waals surface area contributed by atoms with E-state index in [0.717, 1.165) is 0 Å². The van der Waals surface area contributed by atoms with Crippen molar-refractivity contribution in [2.75, 3.05) is 6.61 Å². The largest absolute Gasteiger partial charge is 0.465 e. The third kappa shape index (κ3) is 1.89.